The van der Waals surface area contributed by atoms with Gasteiger partial charge >= 0.3 is 5.97 Å². The Morgan fingerprint density at radius 3 is 2.50 bits per heavy atom. The van der Waals surface area contributed by atoms with Crippen LogP contribution in [0, 0.1) is 0 Å². The second-order valence-electron chi connectivity index (χ2n) is 7.57. The molecule has 0 N–H and O–H groups in total. The van der Waals surface area contributed by atoms with Crippen LogP contribution in [0.4, 0.5) is 5.69 Å². The van der Waals surface area contributed by atoms with Crippen molar-refractivity contribution in [1.29, 1.82) is 0 Å². The van der Waals surface area contributed by atoms with Gasteiger partial charge in [-0.1, -0.05) is 24.3 Å². The first-order valence-electron chi connectivity index (χ1n) is 10.1. The predicted octanol–water partition coefficient (Wildman–Crippen LogP) is 6.91. The number of rotatable bonds is 9. The van der Waals surface area contributed by atoms with Gasteiger partial charge in [0, 0.05) is 10.5 Å². The Morgan fingerprint density at radius 1 is 1.20 bits per heavy atom. The van der Waals surface area contributed by atoms with Gasteiger partial charge in [-0.25, -0.2) is 0 Å². The van der Waals surface area contributed by atoms with E-state index in [0.717, 1.165) is 33.0 Å². The van der Waals surface area contributed by atoms with E-state index in [9.17, 15) is 4.79 Å². The van der Waals surface area contributed by atoms with E-state index in [1.165, 1.54) is 11.8 Å². The molecule has 0 saturated heterocycles. The van der Waals surface area contributed by atoms with Crippen molar-refractivity contribution in [3.8, 4) is 16.9 Å². The minimum absolute atomic E-state index is 0.110. The largest absolute Gasteiger partial charge is 0.491 e. The van der Waals surface area contributed by atoms with E-state index < -0.39 is 4.75 Å². The van der Waals surface area contributed by atoms with Crippen LogP contribution in [0.15, 0.2) is 53.5 Å². The number of carbonyl (C=O) groups excluding carboxylic acids is 1. The lowest BCUT2D eigenvalue weighted by molar-refractivity contribution is -0.145. The minimum Gasteiger partial charge on any atom is -0.491 e. The predicted molar refractivity (Wildman–Crippen MR) is 129 cm³/mol. The molecule has 0 spiro atoms. The zero-order valence-electron chi connectivity index (χ0n) is 18.7. The monoisotopic (exact) mass is 425 g/mol. The Morgan fingerprint density at radius 2 is 1.90 bits per heavy atom. The lowest BCUT2D eigenvalue weighted by atomic mass is 10.0. The topological polar surface area (TPSA) is 47.9 Å². The first-order chi connectivity index (χ1) is 14.2. The van der Waals surface area contributed by atoms with Crippen LogP contribution in [0.3, 0.4) is 0 Å². The quantitative estimate of drug-likeness (QED) is 0.323. The molecule has 2 aromatic carbocycles. The number of nitrogens with zero attached hydrogens (tertiary/aromatic N) is 1. The summed E-state index contributed by atoms with van der Waals surface area (Å²) < 4.78 is 10.4. The number of thioether (sulfide) groups is 1. The fourth-order valence-electron chi connectivity index (χ4n) is 2.96. The van der Waals surface area contributed by atoms with Crippen molar-refractivity contribution in [3.63, 3.8) is 0 Å². The Hall–Kier alpha value is -2.53. The summed E-state index contributed by atoms with van der Waals surface area (Å²) in [5.74, 6) is 0.594. The zero-order valence-corrected chi connectivity index (χ0v) is 19.5. The Labute approximate surface area is 184 Å². The lowest BCUT2D eigenvalue weighted by Crippen LogP contribution is -2.30. The Kier molecular flexibility index (Phi) is 8.30. The van der Waals surface area contributed by atoms with Gasteiger partial charge in [0.1, 0.15) is 10.5 Å². The molecule has 5 heteroatoms. The highest BCUT2D eigenvalue weighted by Gasteiger charge is 2.32. The molecule has 0 heterocycles. The fraction of sp³-hybridized carbons (Fsp3) is 0.360. The van der Waals surface area contributed by atoms with Gasteiger partial charge in [-0.2, -0.15) is 0 Å². The Bertz CT molecular complexity index is 932. The number of allylic oxidation sites excluding steroid dienone is 1. The number of carbonyl (C=O) groups is 1. The van der Waals surface area contributed by atoms with Crippen molar-refractivity contribution in [1.82, 2.24) is 0 Å². The molecular formula is C25H31NO3S. The zero-order chi connectivity index (χ0) is 22.3. The van der Waals surface area contributed by atoms with Gasteiger partial charge in [-0.3, -0.25) is 9.79 Å². The van der Waals surface area contributed by atoms with E-state index in [-0.39, 0.29) is 12.1 Å². The average molecular weight is 426 g/mol. The summed E-state index contributed by atoms with van der Waals surface area (Å²) in [5.41, 5.74) is 3.80. The van der Waals surface area contributed by atoms with Crippen LogP contribution >= 0.6 is 11.8 Å². The molecule has 0 aromatic heterocycles. The van der Waals surface area contributed by atoms with Crippen LogP contribution in [0.25, 0.3) is 16.0 Å². The fourth-order valence-corrected chi connectivity index (χ4v) is 4.05. The average Bonchev–Trinajstić information content (AvgIpc) is 2.71. The standard InChI is InChI=1S/C25H31NO3S/c1-8-23(30-25(5,6)24(27)28-9-2)21-16-19(13-14-22(21)26-7)18-11-10-12-20(15-18)29-17(3)4/h8,10-17H,7,9H2,1-6H3/b23-8+. The summed E-state index contributed by atoms with van der Waals surface area (Å²) in [6.07, 6.45) is 2.11. The molecule has 0 aliphatic carbocycles. The summed E-state index contributed by atoms with van der Waals surface area (Å²) in [6, 6.07) is 14.1. The number of esters is 1. The van der Waals surface area contributed by atoms with E-state index in [1.807, 2.05) is 78.0 Å². The van der Waals surface area contributed by atoms with Gasteiger partial charge < -0.3 is 9.47 Å². The molecule has 0 radical (unpaired) electrons. The van der Waals surface area contributed by atoms with Crippen molar-refractivity contribution in [2.45, 2.75) is 52.4 Å². The highest BCUT2D eigenvalue weighted by molar-refractivity contribution is 8.10. The maximum atomic E-state index is 12.4. The molecule has 0 atom stereocenters. The van der Waals surface area contributed by atoms with Crippen molar-refractivity contribution in [2.24, 2.45) is 4.99 Å². The Balaban J connectivity index is 2.45. The minimum atomic E-state index is -0.725. The normalized spacial score (nSPS) is 12.0. The van der Waals surface area contributed by atoms with Gasteiger partial charge in [0.25, 0.3) is 0 Å². The summed E-state index contributed by atoms with van der Waals surface area (Å²) >= 11 is 1.47. The molecule has 2 aromatic rings. The van der Waals surface area contributed by atoms with E-state index in [0.29, 0.717) is 6.61 Å². The van der Waals surface area contributed by atoms with Crippen LogP contribution in [-0.2, 0) is 9.53 Å². The molecule has 0 aliphatic rings. The second-order valence-corrected chi connectivity index (χ2v) is 9.23. The lowest BCUT2D eigenvalue weighted by Gasteiger charge is -2.24. The van der Waals surface area contributed by atoms with Crippen LogP contribution in [0.2, 0.25) is 0 Å². The smallest absolute Gasteiger partial charge is 0.321 e. The molecule has 0 amide bonds. The van der Waals surface area contributed by atoms with Gasteiger partial charge in [0.15, 0.2) is 0 Å². The third-order valence-electron chi connectivity index (χ3n) is 4.37. The molecule has 0 fully saturated rings. The number of ether oxygens (including phenoxy) is 2. The number of hydrogen-bond acceptors (Lipinski definition) is 5. The van der Waals surface area contributed by atoms with Crippen molar-refractivity contribution in [3.05, 3.63) is 54.1 Å². The van der Waals surface area contributed by atoms with Crippen LogP contribution in [0.1, 0.15) is 47.1 Å². The number of hydrogen-bond donors (Lipinski definition) is 0. The van der Waals surface area contributed by atoms with E-state index in [2.05, 4.69) is 23.8 Å². The third-order valence-corrected chi connectivity index (χ3v) is 5.72. The molecular weight excluding hydrogens is 394 g/mol. The van der Waals surface area contributed by atoms with Gasteiger partial charge in [-0.15, -0.1) is 11.8 Å². The second kappa shape index (κ2) is 10.5. The molecule has 30 heavy (non-hydrogen) atoms. The SMILES string of the molecule is C=Nc1ccc(-c2cccc(OC(C)C)c2)cc1/C(=C\C)SC(C)(C)C(=O)OCC. The van der Waals surface area contributed by atoms with Crippen molar-refractivity contribution >= 4 is 35.0 Å². The third kappa shape index (κ3) is 5.99. The van der Waals surface area contributed by atoms with Crippen LogP contribution < -0.4 is 4.74 Å². The highest BCUT2D eigenvalue weighted by Crippen LogP contribution is 2.43. The van der Waals surface area contributed by atoms with E-state index in [4.69, 9.17) is 9.47 Å². The molecule has 2 rings (SSSR count). The van der Waals surface area contributed by atoms with Crippen LogP contribution in [0.5, 0.6) is 5.75 Å². The summed E-state index contributed by atoms with van der Waals surface area (Å²) in [6.45, 7) is 15.6. The maximum Gasteiger partial charge on any atom is 0.321 e. The van der Waals surface area contributed by atoms with Crippen molar-refractivity contribution < 1.29 is 14.3 Å². The van der Waals surface area contributed by atoms with Crippen molar-refractivity contribution in [2.75, 3.05) is 6.61 Å². The molecule has 160 valence electrons. The number of aliphatic imine (C=N–C) groups is 1. The maximum absolute atomic E-state index is 12.4. The van der Waals surface area contributed by atoms with Crippen LogP contribution in [-0.4, -0.2) is 30.1 Å². The molecule has 0 unspecified atom stereocenters. The van der Waals surface area contributed by atoms with Gasteiger partial charge in [-0.05, 0) is 83.7 Å². The molecule has 0 saturated carbocycles. The summed E-state index contributed by atoms with van der Waals surface area (Å²) in [5, 5.41) is 0. The summed E-state index contributed by atoms with van der Waals surface area (Å²) in [7, 11) is 0. The van der Waals surface area contributed by atoms with E-state index in [1.54, 1.807) is 0 Å². The van der Waals surface area contributed by atoms with Gasteiger partial charge in [0.2, 0.25) is 0 Å². The summed E-state index contributed by atoms with van der Waals surface area (Å²) in [4.78, 5) is 17.5. The molecule has 4 nitrogen and oxygen atoms in total. The first-order valence-corrected chi connectivity index (χ1v) is 10.9. The van der Waals surface area contributed by atoms with E-state index >= 15 is 0 Å². The molecule has 0 bridgehead atoms. The number of benzene rings is 2. The molecule has 0 aliphatic heterocycles. The van der Waals surface area contributed by atoms with Gasteiger partial charge in [0.05, 0.1) is 18.4 Å². The first kappa shape index (κ1) is 23.7. The highest BCUT2D eigenvalue weighted by atomic mass is 32.2.